The van der Waals surface area contributed by atoms with Crippen LogP contribution in [-0.4, -0.2) is 48.2 Å². The van der Waals surface area contributed by atoms with Crippen molar-refractivity contribution >= 4 is 16.5 Å². The summed E-state index contributed by atoms with van der Waals surface area (Å²) < 4.78 is 0. The van der Waals surface area contributed by atoms with E-state index >= 15 is 0 Å². The first-order valence-corrected chi connectivity index (χ1v) is 7.46. The van der Waals surface area contributed by atoms with Crippen LogP contribution in [0, 0.1) is 5.92 Å². The highest BCUT2D eigenvalue weighted by Crippen LogP contribution is 2.28. The van der Waals surface area contributed by atoms with Gasteiger partial charge in [0.15, 0.2) is 5.13 Å². The summed E-state index contributed by atoms with van der Waals surface area (Å²) in [5.41, 5.74) is 0.791. The van der Waals surface area contributed by atoms with Crippen molar-refractivity contribution in [2.75, 3.05) is 32.1 Å². The lowest BCUT2D eigenvalue weighted by Crippen LogP contribution is -2.41. The Bertz CT molecular complexity index is 372. The topological polar surface area (TPSA) is 39.6 Å². The molecule has 1 aromatic rings. The molecule has 1 aliphatic heterocycles. The van der Waals surface area contributed by atoms with Crippen molar-refractivity contribution in [2.45, 2.75) is 32.4 Å². The quantitative estimate of drug-likeness (QED) is 0.905. The van der Waals surface area contributed by atoms with Gasteiger partial charge in [0.05, 0.1) is 12.3 Å². The molecule has 1 fully saturated rings. The lowest BCUT2D eigenvalue weighted by atomic mass is 9.90. The largest absolute Gasteiger partial charge is 0.390 e. The van der Waals surface area contributed by atoms with Gasteiger partial charge in [-0.2, -0.15) is 0 Å². The summed E-state index contributed by atoms with van der Waals surface area (Å²) >= 11 is 1.64. The predicted octanol–water partition coefficient (Wildman–Crippen LogP) is 1.80. The molecule has 1 saturated heterocycles. The van der Waals surface area contributed by atoms with Crippen LogP contribution in [0.4, 0.5) is 5.13 Å². The van der Waals surface area contributed by atoms with Crippen LogP contribution in [0.25, 0.3) is 0 Å². The van der Waals surface area contributed by atoms with Crippen molar-refractivity contribution in [1.29, 1.82) is 0 Å². The summed E-state index contributed by atoms with van der Waals surface area (Å²) in [5, 5.41) is 12.1. The number of aliphatic hydroxyl groups is 1. The third-order valence-corrected chi connectivity index (χ3v) is 4.96. The van der Waals surface area contributed by atoms with E-state index in [2.05, 4.69) is 35.8 Å². The monoisotopic (exact) mass is 269 g/mol. The first-order valence-electron chi connectivity index (χ1n) is 6.58. The normalized spacial score (nSPS) is 19.5. The van der Waals surface area contributed by atoms with E-state index < -0.39 is 0 Å². The Hall–Kier alpha value is -0.650. The molecular formula is C13H23N3OS. The number of thiazole rings is 1. The molecule has 0 unspecified atom stereocenters. The zero-order chi connectivity index (χ0) is 13.1. The average molecular weight is 269 g/mol. The number of hydrogen-bond acceptors (Lipinski definition) is 5. The molecule has 5 heteroatoms. The molecule has 1 atom stereocenters. The maximum atomic E-state index is 9.05. The Kier molecular flexibility index (Phi) is 4.59. The second kappa shape index (κ2) is 5.99. The molecule has 0 saturated carbocycles. The van der Waals surface area contributed by atoms with Gasteiger partial charge < -0.3 is 14.9 Å². The molecule has 18 heavy (non-hydrogen) atoms. The first-order chi connectivity index (χ1) is 8.61. The van der Waals surface area contributed by atoms with Gasteiger partial charge in [0.2, 0.25) is 0 Å². The van der Waals surface area contributed by atoms with Crippen LogP contribution in [-0.2, 0) is 6.61 Å². The third kappa shape index (κ3) is 3.02. The van der Waals surface area contributed by atoms with Crippen LogP contribution in [0.5, 0.6) is 0 Å². The van der Waals surface area contributed by atoms with E-state index in [1.807, 2.05) is 5.38 Å². The molecule has 0 aromatic carbocycles. The van der Waals surface area contributed by atoms with E-state index in [1.54, 1.807) is 11.3 Å². The summed E-state index contributed by atoms with van der Waals surface area (Å²) in [6.07, 6.45) is 2.46. The fraction of sp³-hybridized carbons (Fsp3) is 0.769. The lowest BCUT2D eigenvalue weighted by molar-refractivity contribution is 0.199. The lowest BCUT2D eigenvalue weighted by Gasteiger charge is -2.37. The summed E-state index contributed by atoms with van der Waals surface area (Å²) in [4.78, 5) is 9.10. The van der Waals surface area contributed by atoms with Crippen LogP contribution < -0.4 is 4.90 Å². The molecule has 4 nitrogen and oxygen atoms in total. The molecule has 1 N–H and O–H groups in total. The molecule has 0 bridgehead atoms. The Morgan fingerprint density at radius 2 is 2.17 bits per heavy atom. The minimum Gasteiger partial charge on any atom is -0.390 e. The number of aliphatic hydroxyl groups excluding tert-OH is 1. The number of rotatable bonds is 4. The van der Waals surface area contributed by atoms with Crippen molar-refractivity contribution in [3.8, 4) is 0 Å². The molecule has 0 amide bonds. The van der Waals surface area contributed by atoms with E-state index in [0.29, 0.717) is 6.04 Å². The summed E-state index contributed by atoms with van der Waals surface area (Å²) in [5.74, 6) is 0.786. The van der Waals surface area contributed by atoms with Crippen LogP contribution in [0.3, 0.4) is 0 Å². The minimum absolute atomic E-state index is 0.0463. The number of aromatic nitrogens is 1. The molecule has 1 aromatic heterocycles. The van der Waals surface area contributed by atoms with Crippen molar-refractivity contribution in [1.82, 2.24) is 9.88 Å². The van der Waals surface area contributed by atoms with Gasteiger partial charge in [-0.05, 0) is 39.8 Å². The highest BCUT2D eigenvalue weighted by molar-refractivity contribution is 7.13. The second-order valence-corrected chi connectivity index (χ2v) is 6.14. The molecular weight excluding hydrogens is 246 g/mol. The molecule has 0 radical (unpaired) electrons. The van der Waals surface area contributed by atoms with Gasteiger partial charge in [0.1, 0.15) is 0 Å². The molecule has 2 rings (SSSR count). The van der Waals surface area contributed by atoms with E-state index in [-0.39, 0.29) is 6.61 Å². The Morgan fingerprint density at radius 1 is 1.50 bits per heavy atom. The van der Waals surface area contributed by atoms with Crippen molar-refractivity contribution in [2.24, 2.45) is 5.92 Å². The fourth-order valence-electron chi connectivity index (χ4n) is 2.51. The number of nitrogens with zero attached hydrogens (tertiary/aromatic N) is 3. The van der Waals surface area contributed by atoms with E-state index in [0.717, 1.165) is 29.8 Å². The van der Waals surface area contributed by atoms with Crippen LogP contribution >= 0.6 is 11.3 Å². The average Bonchev–Trinajstić information content (AvgIpc) is 2.86. The fourth-order valence-corrected chi connectivity index (χ4v) is 3.38. The van der Waals surface area contributed by atoms with Gasteiger partial charge in [-0.1, -0.05) is 0 Å². The second-order valence-electron chi connectivity index (χ2n) is 5.31. The Labute approximate surface area is 113 Å². The summed E-state index contributed by atoms with van der Waals surface area (Å²) in [6.45, 7) is 4.53. The van der Waals surface area contributed by atoms with Crippen LogP contribution in [0.15, 0.2) is 5.38 Å². The Morgan fingerprint density at radius 3 is 2.67 bits per heavy atom. The van der Waals surface area contributed by atoms with Gasteiger partial charge in [0, 0.05) is 24.5 Å². The number of hydrogen-bond donors (Lipinski definition) is 1. The summed E-state index contributed by atoms with van der Waals surface area (Å²) in [7, 11) is 4.32. The predicted molar refractivity (Wildman–Crippen MR) is 76.1 cm³/mol. The number of anilines is 1. The zero-order valence-corrected chi connectivity index (χ0v) is 12.3. The molecule has 0 aliphatic carbocycles. The smallest absolute Gasteiger partial charge is 0.185 e. The van der Waals surface area contributed by atoms with Crippen molar-refractivity contribution in [3.63, 3.8) is 0 Å². The Balaban J connectivity index is 1.90. The molecule has 102 valence electrons. The van der Waals surface area contributed by atoms with Gasteiger partial charge in [-0.3, -0.25) is 0 Å². The van der Waals surface area contributed by atoms with Gasteiger partial charge in [0.25, 0.3) is 0 Å². The molecule has 2 heterocycles. The standard InChI is InChI=1S/C13H23N3OS/c1-10(15(2)3)11-4-6-16(7-5-11)13-14-12(8-17)9-18-13/h9-11,17H,4-8H2,1-3H3/t10-/m1/s1. The van der Waals surface area contributed by atoms with Gasteiger partial charge in [-0.15, -0.1) is 11.3 Å². The first kappa shape index (κ1) is 13.8. The minimum atomic E-state index is 0.0463. The maximum absolute atomic E-state index is 9.05. The highest BCUT2D eigenvalue weighted by atomic mass is 32.1. The maximum Gasteiger partial charge on any atom is 0.185 e. The molecule has 0 spiro atoms. The van der Waals surface area contributed by atoms with Crippen molar-refractivity contribution in [3.05, 3.63) is 11.1 Å². The SMILES string of the molecule is C[C@H](C1CCN(c2nc(CO)cs2)CC1)N(C)C. The van der Waals surface area contributed by atoms with Crippen LogP contribution in [0.1, 0.15) is 25.5 Å². The third-order valence-electron chi connectivity index (χ3n) is 4.01. The highest BCUT2D eigenvalue weighted by Gasteiger charge is 2.26. The zero-order valence-electron chi connectivity index (χ0n) is 11.5. The van der Waals surface area contributed by atoms with Gasteiger partial charge >= 0.3 is 0 Å². The van der Waals surface area contributed by atoms with E-state index in [9.17, 15) is 0 Å². The van der Waals surface area contributed by atoms with Crippen LogP contribution in [0.2, 0.25) is 0 Å². The number of piperidine rings is 1. The van der Waals surface area contributed by atoms with E-state index in [1.165, 1.54) is 12.8 Å². The summed E-state index contributed by atoms with van der Waals surface area (Å²) in [6, 6.07) is 0.649. The van der Waals surface area contributed by atoms with Gasteiger partial charge in [-0.25, -0.2) is 4.98 Å². The van der Waals surface area contributed by atoms with E-state index in [4.69, 9.17) is 5.11 Å². The molecule has 1 aliphatic rings. The van der Waals surface area contributed by atoms with Crippen molar-refractivity contribution < 1.29 is 5.11 Å².